The van der Waals surface area contributed by atoms with Gasteiger partial charge >= 0.3 is 11.9 Å². The lowest BCUT2D eigenvalue weighted by Crippen LogP contribution is -2.65. The summed E-state index contributed by atoms with van der Waals surface area (Å²) in [6, 6.07) is -4.39. The Bertz CT molecular complexity index is 2030. The smallest absolute Gasteiger partial charge is 0.329 e. The number of benzene rings is 1. The fourth-order valence-electron chi connectivity index (χ4n) is 8.20. The Morgan fingerprint density at radius 2 is 1.56 bits per heavy atom. The molecule has 2 fully saturated rings. The largest absolute Gasteiger partial charge is 0.508 e. The number of aliphatic imine (C=N–C) groups is 1. The summed E-state index contributed by atoms with van der Waals surface area (Å²) in [5.74, 6) is -9.47. The van der Waals surface area contributed by atoms with E-state index in [1.54, 1.807) is 39.8 Å². The van der Waals surface area contributed by atoms with Crippen LogP contribution in [0.5, 0.6) is 5.75 Å². The lowest BCUT2D eigenvalue weighted by Gasteiger charge is -2.43. The first-order valence-electron chi connectivity index (χ1n) is 24.0. The highest BCUT2D eigenvalue weighted by molar-refractivity contribution is 5.98. The second-order valence-electron chi connectivity index (χ2n) is 18.7. The number of piperidine rings is 1. The molecule has 2 heterocycles. The van der Waals surface area contributed by atoms with E-state index in [0.29, 0.717) is 18.4 Å². The first kappa shape index (κ1) is 57.8. The number of aromatic hydroxyl groups is 1. The number of aliphatic carboxylic acids is 1. The number of phenols is 1. The molecule has 1 aromatic carbocycles. The summed E-state index contributed by atoms with van der Waals surface area (Å²) < 4.78 is 5.85. The Kier molecular flexibility index (Phi) is 22.8. The van der Waals surface area contributed by atoms with Crippen molar-refractivity contribution in [1.82, 2.24) is 36.4 Å². The Morgan fingerprint density at radius 3 is 2.16 bits per heavy atom. The number of carboxylic acids is 1. The summed E-state index contributed by atoms with van der Waals surface area (Å²) in [7, 11) is 1.35. The van der Waals surface area contributed by atoms with E-state index in [-0.39, 0.29) is 75.5 Å². The molecule has 0 radical (unpaired) electrons. The number of cyclic esters (lactones) is 1. The summed E-state index contributed by atoms with van der Waals surface area (Å²) in [5, 5.41) is 43.9. The van der Waals surface area contributed by atoms with Crippen molar-refractivity contribution < 1.29 is 63.2 Å². The minimum Gasteiger partial charge on any atom is -0.508 e. The number of carbonyl (C=O) groups is 9. The number of phenolic OH excluding ortho intramolecular Hbond substituents is 1. The second kappa shape index (κ2) is 27.6. The van der Waals surface area contributed by atoms with Crippen molar-refractivity contribution in [1.29, 1.82) is 0 Å². The number of ether oxygens (including phenoxy) is 1. The molecular weight excluding hydrogens is 913 g/mol. The minimum absolute atomic E-state index is 0.00423. The van der Waals surface area contributed by atoms with Gasteiger partial charge in [0.1, 0.15) is 60.4 Å². The van der Waals surface area contributed by atoms with Gasteiger partial charge in [-0.25, -0.2) is 4.79 Å². The third kappa shape index (κ3) is 17.5. The van der Waals surface area contributed by atoms with Crippen molar-refractivity contribution in [2.24, 2.45) is 28.3 Å². The maximum atomic E-state index is 14.8. The van der Waals surface area contributed by atoms with Crippen LogP contribution in [0.25, 0.3) is 0 Å². The fraction of sp³-hybridized carbons (Fsp3) is 0.660. The molecule has 70 heavy (non-hydrogen) atoms. The standard InChI is InChI=1S/C47H74N10O13/c1-8-9-10-13-35(59)51-31(19-21-37(61)62)41(64)55-39-27(6)70-46(69)38(26(4)5)54-42(65)33(24-28-14-16-29(58)17-15-28)56(7)45(68)34(23-25(2)3)57-36(60)20-18-32(44(57)67)53-40(63)30(52-43(39)66)12-11-22-50-47(48)49/h14-17,25-27,30-34,36,38-39,58,60H,8-13,18-24H2,1-7H3,(H,51,59)(H,52,66)(H,53,63)(H,54,65)(H,55,64)(H,61,62)(H4,48,49,50)/t27-,30+,31+,32+,33+,34+,36-,38+,39+/m1/s1. The normalized spacial score (nSPS) is 24.5. The quantitative estimate of drug-likeness (QED) is 0.0366. The van der Waals surface area contributed by atoms with Crippen LogP contribution in [-0.4, -0.2) is 153 Å². The zero-order valence-corrected chi connectivity index (χ0v) is 41.3. The highest BCUT2D eigenvalue weighted by Crippen LogP contribution is 2.26. The number of rotatable bonds is 19. The summed E-state index contributed by atoms with van der Waals surface area (Å²) in [6.45, 7) is 10.0. The summed E-state index contributed by atoms with van der Waals surface area (Å²) >= 11 is 0. The van der Waals surface area contributed by atoms with E-state index in [4.69, 9.17) is 16.2 Å². The van der Waals surface area contributed by atoms with Gasteiger partial charge in [-0.2, -0.15) is 0 Å². The number of hydrogen-bond donors (Lipinski definition) is 10. The highest BCUT2D eigenvalue weighted by Gasteiger charge is 2.46. The number of carbonyl (C=O) groups excluding carboxylic acids is 8. The number of aliphatic hydroxyl groups excluding tert-OH is 1. The van der Waals surface area contributed by atoms with Crippen LogP contribution in [0.2, 0.25) is 0 Å². The van der Waals surface area contributed by atoms with Crippen LogP contribution < -0.4 is 38.1 Å². The molecule has 2 bridgehead atoms. The van der Waals surface area contributed by atoms with E-state index in [9.17, 15) is 58.5 Å². The number of aliphatic hydroxyl groups is 1. The predicted octanol–water partition coefficient (Wildman–Crippen LogP) is -0.359. The van der Waals surface area contributed by atoms with Gasteiger partial charge in [-0.1, -0.05) is 59.6 Å². The van der Waals surface area contributed by atoms with Gasteiger partial charge in [0.2, 0.25) is 41.4 Å². The molecule has 23 nitrogen and oxygen atoms in total. The van der Waals surface area contributed by atoms with Crippen LogP contribution in [0.3, 0.4) is 0 Å². The molecule has 1 aromatic rings. The molecule has 390 valence electrons. The van der Waals surface area contributed by atoms with E-state index in [1.807, 2.05) is 6.92 Å². The van der Waals surface area contributed by atoms with Gasteiger partial charge in [0.25, 0.3) is 0 Å². The molecule has 12 N–H and O–H groups in total. The number of guanidine groups is 1. The molecule has 2 aliphatic heterocycles. The fourth-order valence-corrected chi connectivity index (χ4v) is 8.20. The number of fused-ring (bicyclic) bond motifs is 2. The van der Waals surface area contributed by atoms with Crippen molar-refractivity contribution >= 4 is 59.2 Å². The maximum Gasteiger partial charge on any atom is 0.329 e. The number of esters is 1. The van der Waals surface area contributed by atoms with Crippen molar-refractivity contribution in [2.75, 3.05) is 13.6 Å². The Morgan fingerprint density at radius 1 is 0.886 bits per heavy atom. The van der Waals surface area contributed by atoms with Crippen molar-refractivity contribution in [3.63, 3.8) is 0 Å². The first-order valence-corrected chi connectivity index (χ1v) is 24.0. The topological polar surface area (TPSA) is 355 Å². The van der Waals surface area contributed by atoms with Gasteiger partial charge < -0.3 is 67.9 Å². The average Bonchev–Trinajstić information content (AvgIpc) is 3.28. The second-order valence-corrected chi connectivity index (χ2v) is 18.7. The molecule has 2 aliphatic rings. The molecule has 9 atom stereocenters. The number of unbranched alkanes of at least 4 members (excludes halogenated alkanes) is 2. The first-order chi connectivity index (χ1) is 32.9. The van der Waals surface area contributed by atoms with Gasteiger partial charge in [0, 0.05) is 32.9 Å². The van der Waals surface area contributed by atoms with Crippen LogP contribution in [0.15, 0.2) is 29.3 Å². The van der Waals surface area contributed by atoms with E-state index in [0.717, 1.165) is 16.2 Å². The highest BCUT2D eigenvalue weighted by atomic mass is 16.5. The predicted molar refractivity (Wildman–Crippen MR) is 255 cm³/mol. The SMILES string of the molecule is CCCCCC(=O)N[C@@H](CCC(=O)O)C(=O)N[C@@H]1C(=O)N[C@@H](CCCN=C(N)N)C(=O)N[C@H]2CC[C@@H](O)N(C2=O)[C@@H](CC(C)C)C(=O)N(C)[C@@H](Cc2ccc(O)cc2)C(=O)N[C@@H](C(C)C)C(=O)O[C@@H]1C. The van der Waals surface area contributed by atoms with Crippen LogP contribution in [0.4, 0.5) is 0 Å². The number of carboxylic acid groups (broad SMARTS) is 1. The molecule has 2 saturated heterocycles. The summed E-state index contributed by atoms with van der Waals surface area (Å²) in [6.07, 6.45) is -2.31. The lowest BCUT2D eigenvalue weighted by atomic mass is 9.94. The van der Waals surface area contributed by atoms with E-state index < -0.39 is 120 Å². The molecule has 7 amide bonds. The minimum atomic E-state index is -1.83. The zero-order valence-electron chi connectivity index (χ0n) is 41.3. The molecule has 3 rings (SSSR count). The number of likely N-dealkylation sites (N-methyl/N-ethyl adjacent to an activating group) is 1. The average molecular weight is 987 g/mol. The number of nitrogens with zero attached hydrogens (tertiary/aromatic N) is 3. The van der Waals surface area contributed by atoms with Crippen molar-refractivity contribution in [2.45, 2.75) is 173 Å². The molecule has 0 aliphatic carbocycles. The van der Waals surface area contributed by atoms with E-state index in [2.05, 4.69) is 31.6 Å². The van der Waals surface area contributed by atoms with E-state index >= 15 is 0 Å². The van der Waals surface area contributed by atoms with Crippen LogP contribution in [0, 0.1) is 11.8 Å². The van der Waals surface area contributed by atoms with Crippen molar-refractivity contribution in [3.05, 3.63) is 29.8 Å². The summed E-state index contributed by atoms with van der Waals surface area (Å²) in [5.41, 5.74) is 11.5. The maximum absolute atomic E-state index is 14.8. The number of hydrogen-bond acceptors (Lipinski definition) is 13. The third-order valence-corrected chi connectivity index (χ3v) is 12.2. The monoisotopic (exact) mass is 987 g/mol. The summed E-state index contributed by atoms with van der Waals surface area (Å²) in [4.78, 5) is 132. The molecule has 0 spiro atoms. The Hall–Kier alpha value is -6.52. The Balaban J connectivity index is 2.24. The third-order valence-electron chi connectivity index (χ3n) is 12.2. The zero-order chi connectivity index (χ0) is 52.4. The van der Waals surface area contributed by atoms with Gasteiger partial charge in [0.15, 0.2) is 5.96 Å². The molecule has 0 aromatic heterocycles. The Labute approximate surface area is 408 Å². The molecular formula is C47H74N10O13. The van der Waals surface area contributed by atoms with E-state index in [1.165, 1.54) is 26.1 Å². The lowest BCUT2D eigenvalue weighted by molar-refractivity contribution is -0.166. The number of amides is 7. The van der Waals surface area contributed by atoms with Gasteiger partial charge in [-0.3, -0.25) is 43.3 Å². The van der Waals surface area contributed by atoms with Crippen LogP contribution >= 0.6 is 0 Å². The molecule has 0 saturated carbocycles. The number of nitrogens with one attached hydrogen (secondary N) is 5. The van der Waals surface area contributed by atoms with Crippen LogP contribution in [0.1, 0.15) is 118 Å². The van der Waals surface area contributed by atoms with Gasteiger partial charge in [-0.05, 0) is 81.4 Å². The molecule has 23 heteroatoms. The van der Waals surface area contributed by atoms with Gasteiger partial charge in [0.05, 0.1) is 0 Å². The van der Waals surface area contributed by atoms with Crippen LogP contribution in [-0.2, 0) is 54.3 Å². The van der Waals surface area contributed by atoms with Gasteiger partial charge in [-0.15, -0.1) is 0 Å². The number of nitrogens with two attached hydrogens (primary N) is 2. The molecule has 0 unspecified atom stereocenters. The van der Waals surface area contributed by atoms with Crippen molar-refractivity contribution in [3.8, 4) is 5.75 Å².